The highest BCUT2D eigenvalue weighted by Gasteiger charge is 2.31. The molecule has 4 heteroatoms. The van der Waals surface area contributed by atoms with Crippen LogP contribution in [0.3, 0.4) is 0 Å². The summed E-state index contributed by atoms with van der Waals surface area (Å²) in [6, 6.07) is 5.50. The molecular weight excluding hydrogens is 232 g/mol. The Morgan fingerprint density at radius 2 is 2.28 bits per heavy atom. The first-order chi connectivity index (χ1) is 8.63. The van der Waals surface area contributed by atoms with Gasteiger partial charge in [0, 0.05) is 0 Å². The average Bonchev–Trinajstić information content (AvgIpc) is 2.33. The van der Waals surface area contributed by atoms with Crippen LogP contribution in [0.4, 0.5) is 0 Å². The van der Waals surface area contributed by atoms with E-state index in [2.05, 4.69) is 0 Å². The van der Waals surface area contributed by atoms with Gasteiger partial charge in [-0.05, 0) is 25.5 Å². The van der Waals surface area contributed by atoms with Crippen LogP contribution >= 0.6 is 0 Å². The zero-order valence-corrected chi connectivity index (χ0v) is 10.6. The fourth-order valence-corrected chi connectivity index (χ4v) is 2.12. The minimum atomic E-state index is -0.433. The molecule has 0 saturated heterocycles. The first-order valence-electron chi connectivity index (χ1n) is 6.05. The molecule has 0 aromatic heterocycles. The van der Waals surface area contributed by atoms with E-state index in [0.717, 1.165) is 5.56 Å². The average molecular weight is 248 g/mol. The highest BCUT2D eigenvalue weighted by Crippen LogP contribution is 2.31. The lowest BCUT2D eigenvalue weighted by Gasteiger charge is -2.24. The van der Waals surface area contributed by atoms with Gasteiger partial charge in [-0.3, -0.25) is 9.59 Å². The number of carbonyl (C=O) groups excluding carboxylic acids is 2. The van der Waals surface area contributed by atoms with E-state index in [1.165, 1.54) is 0 Å². The van der Waals surface area contributed by atoms with Gasteiger partial charge in [-0.2, -0.15) is 0 Å². The summed E-state index contributed by atoms with van der Waals surface area (Å²) in [5.74, 6) is -0.198. The third-order valence-electron chi connectivity index (χ3n) is 3.01. The molecular formula is C14H16O4. The Balaban J connectivity index is 2.18. The summed E-state index contributed by atoms with van der Waals surface area (Å²) in [7, 11) is 0. The maximum Gasteiger partial charge on any atom is 0.306 e. The van der Waals surface area contributed by atoms with Gasteiger partial charge in [0.25, 0.3) is 0 Å². The number of carbonyl (C=O) groups is 2. The van der Waals surface area contributed by atoms with E-state index in [1.807, 2.05) is 19.1 Å². The van der Waals surface area contributed by atoms with Gasteiger partial charge in [-0.15, -0.1) is 0 Å². The SMILES string of the molecule is CCOC(=O)C[C@@H]1COc2cccc(C)c2C1=O. The molecule has 0 radical (unpaired) electrons. The topological polar surface area (TPSA) is 52.6 Å². The molecule has 1 aliphatic heterocycles. The molecule has 1 atom stereocenters. The molecule has 0 amide bonds. The Kier molecular flexibility index (Phi) is 3.65. The van der Waals surface area contributed by atoms with Crippen LogP contribution in [-0.2, 0) is 9.53 Å². The zero-order valence-electron chi connectivity index (χ0n) is 10.6. The number of ether oxygens (including phenoxy) is 2. The molecule has 0 bridgehead atoms. The minimum Gasteiger partial charge on any atom is -0.492 e. The van der Waals surface area contributed by atoms with Crippen molar-refractivity contribution in [2.75, 3.05) is 13.2 Å². The van der Waals surface area contributed by atoms with Gasteiger partial charge in [0.05, 0.1) is 31.1 Å². The largest absolute Gasteiger partial charge is 0.492 e. The Bertz CT molecular complexity index is 479. The Morgan fingerprint density at radius 1 is 1.50 bits per heavy atom. The fraction of sp³-hybridized carbons (Fsp3) is 0.429. The van der Waals surface area contributed by atoms with Crippen LogP contribution in [0.2, 0.25) is 0 Å². The normalized spacial score (nSPS) is 17.9. The van der Waals surface area contributed by atoms with Gasteiger partial charge in [-0.1, -0.05) is 12.1 Å². The van der Waals surface area contributed by atoms with Crippen LogP contribution < -0.4 is 4.74 Å². The van der Waals surface area contributed by atoms with E-state index in [4.69, 9.17) is 9.47 Å². The van der Waals surface area contributed by atoms with Crippen molar-refractivity contribution in [1.29, 1.82) is 0 Å². The molecule has 0 N–H and O–H groups in total. The number of ketones is 1. The summed E-state index contributed by atoms with van der Waals surface area (Å²) in [6.07, 6.45) is 0.0838. The molecule has 1 aromatic rings. The molecule has 2 rings (SSSR count). The lowest BCUT2D eigenvalue weighted by molar-refractivity contribution is -0.144. The number of fused-ring (bicyclic) bond motifs is 1. The first kappa shape index (κ1) is 12.6. The van der Waals surface area contributed by atoms with E-state index in [-0.39, 0.29) is 24.8 Å². The van der Waals surface area contributed by atoms with Crippen molar-refractivity contribution in [3.05, 3.63) is 29.3 Å². The Morgan fingerprint density at radius 3 is 3.00 bits per heavy atom. The molecule has 96 valence electrons. The van der Waals surface area contributed by atoms with Gasteiger partial charge < -0.3 is 9.47 Å². The lowest BCUT2D eigenvalue weighted by Crippen LogP contribution is -2.31. The number of esters is 1. The fourth-order valence-electron chi connectivity index (χ4n) is 2.12. The van der Waals surface area contributed by atoms with Crippen LogP contribution in [0.15, 0.2) is 18.2 Å². The van der Waals surface area contributed by atoms with Gasteiger partial charge in [0.1, 0.15) is 5.75 Å². The highest BCUT2D eigenvalue weighted by atomic mass is 16.5. The summed E-state index contributed by atoms with van der Waals surface area (Å²) < 4.78 is 10.4. The number of benzene rings is 1. The van der Waals surface area contributed by atoms with E-state index in [0.29, 0.717) is 17.9 Å². The maximum absolute atomic E-state index is 12.3. The molecule has 18 heavy (non-hydrogen) atoms. The van der Waals surface area contributed by atoms with Crippen LogP contribution in [0.25, 0.3) is 0 Å². The first-order valence-corrected chi connectivity index (χ1v) is 6.05. The molecule has 0 fully saturated rings. The number of rotatable bonds is 3. The predicted octanol–water partition coefficient (Wildman–Crippen LogP) is 2.14. The van der Waals surface area contributed by atoms with Crippen molar-refractivity contribution in [3.8, 4) is 5.75 Å². The molecule has 0 spiro atoms. The predicted molar refractivity (Wildman–Crippen MR) is 65.7 cm³/mol. The summed E-state index contributed by atoms with van der Waals surface area (Å²) in [6.45, 7) is 4.19. The number of hydrogen-bond donors (Lipinski definition) is 0. The smallest absolute Gasteiger partial charge is 0.306 e. The molecule has 0 aliphatic carbocycles. The minimum absolute atomic E-state index is 0.0256. The second-order valence-corrected chi connectivity index (χ2v) is 4.33. The second kappa shape index (κ2) is 5.21. The molecule has 1 heterocycles. The van der Waals surface area contributed by atoms with Crippen molar-refractivity contribution in [2.45, 2.75) is 20.3 Å². The van der Waals surface area contributed by atoms with E-state index in [1.54, 1.807) is 13.0 Å². The van der Waals surface area contributed by atoms with Crippen molar-refractivity contribution < 1.29 is 19.1 Å². The van der Waals surface area contributed by atoms with Crippen LogP contribution in [0, 0.1) is 12.8 Å². The van der Waals surface area contributed by atoms with E-state index >= 15 is 0 Å². The molecule has 0 saturated carbocycles. The third-order valence-corrected chi connectivity index (χ3v) is 3.01. The van der Waals surface area contributed by atoms with E-state index < -0.39 is 5.92 Å². The summed E-state index contributed by atoms with van der Waals surface area (Å²) in [5.41, 5.74) is 1.48. The number of aryl methyl sites for hydroxylation is 1. The van der Waals surface area contributed by atoms with Gasteiger partial charge in [0.15, 0.2) is 5.78 Å². The summed E-state index contributed by atoms with van der Waals surface area (Å²) >= 11 is 0. The zero-order chi connectivity index (χ0) is 13.1. The maximum atomic E-state index is 12.3. The third kappa shape index (κ3) is 2.37. The van der Waals surface area contributed by atoms with Gasteiger partial charge in [-0.25, -0.2) is 0 Å². The summed E-state index contributed by atoms with van der Waals surface area (Å²) in [5, 5.41) is 0. The number of Topliss-reactive ketones (excluding diaryl/α,β-unsaturated/α-hetero) is 1. The van der Waals surface area contributed by atoms with Crippen molar-refractivity contribution in [1.82, 2.24) is 0 Å². The van der Waals surface area contributed by atoms with Crippen molar-refractivity contribution in [2.24, 2.45) is 5.92 Å². The molecule has 1 aromatic carbocycles. The lowest BCUT2D eigenvalue weighted by atomic mass is 9.90. The highest BCUT2D eigenvalue weighted by molar-refractivity contribution is 6.03. The molecule has 4 nitrogen and oxygen atoms in total. The van der Waals surface area contributed by atoms with Crippen molar-refractivity contribution in [3.63, 3.8) is 0 Å². The van der Waals surface area contributed by atoms with Gasteiger partial charge >= 0.3 is 5.97 Å². The standard InChI is InChI=1S/C14H16O4/c1-3-17-12(15)7-10-8-18-11-6-4-5-9(2)13(11)14(10)16/h4-6,10H,3,7-8H2,1-2H3/t10-/m1/s1. The van der Waals surface area contributed by atoms with E-state index in [9.17, 15) is 9.59 Å². The van der Waals surface area contributed by atoms with Crippen LogP contribution in [0.5, 0.6) is 5.75 Å². The number of hydrogen-bond acceptors (Lipinski definition) is 4. The van der Waals surface area contributed by atoms with Crippen LogP contribution in [0.1, 0.15) is 29.3 Å². The molecule has 1 aliphatic rings. The van der Waals surface area contributed by atoms with Crippen molar-refractivity contribution >= 4 is 11.8 Å². The second-order valence-electron chi connectivity index (χ2n) is 4.33. The Labute approximate surface area is 106 Å². The van der Waals surface area contributed by atoms with Gasteiger partial charge in [0.2, 0.25) is 0 Å². The Hall–Kier alpha value is -1.84. The monoisotopic (exact) mass is 248 g/mol. The quantitative estimate of drug-likeness (QED) is 0.769. The molecule has 0 unspecified atom stereocenters. The van der Waals surface area contributed by atoms with Crippen LogP contribution in [-0.4, -0.2) is 25.0 Å². The summed E-state index contributed by atoms with van der Waals surface area (Å²) in [4.78, 5) is 23.7.